The zero-order chi connectivity index (χ0) is 13.1. The Balaban J connectivity index is 2.59. The molecule has 1 rings (SSSR count). The van der Waals surface area contributed by atoms with E-state index in [1.807, 2.05) is 0 Å². The molecule has 0 aromatic rings. The van der Waals surface area contributed by atoms with Crippen LogP contribution in [0.25, 0.3) is 0 Å². The monoisotopic (exact) mass is 264 g/mol. The molecule has 0 atom stereocenters. The normalized spacial score (nSPS) is 17.1. The van der Waals surface area contributed by atoms with Crippen molar-refractivity contribution in [3.8, 4) is 0 Å². The van der Waals surface area contributed by atoms with Gasteiger partial charge >= 0.3 is 5.97 Å². The SMILES string of the molecule is CCC(CC)(CNS(=O)(=O)NC1CC1)C(=O)O. The minimum Gasteiger partial charge on any atom is -0.481 e. The lowest BCUT2D eigenvalue weighted by atomic mass is 9.83. The highest BCUT2D eigenvalue weighted by molar-refractivity contribution is 7.87. The molecule has 3 N–H and O–H groups in total. The highest BCUT2D eigenvalue weighted by atomic mass is 32.2. The lowest BCUT2D eigenvalue weighted by Crippen LogP contribution is -2.46. The summed E-state index contributed by atoms with van der Waals surface area (Å²) in [5.41, 5.74) is -1.02. The molecule has 0 amide bonds. The highest BCUT2D eigenvalue weighted by Gasteiger charge is 2.36. The Morgan fingerprint density at radius 2 is 1.88 bits per heavy atom. The maximum Gasteiger partial charge on any atom is 0.310 e. The van der Waals surface area contributed by atoms with Crippen molar-refractivity contribution in [1.82, 2.24) is 9.44 Å². The highest BCUT2D eigenvalue weighted by Crippen LogP contribution is 2.26. The second-order valence-corrected chi connectivity index (χ2v) is 6.04. The fourth-order valence-corrected chi connectivity index (χ4v) is 2.80. The maximum absolute atomic E-state index is 11.6. The Hall–Kier alpha value is -0.660. The van der Waals surface area contributed by atoms with E-state index in [0.717, 1.165) is 12.8 Å². The predicted molar refractivity (Wildman–Crippen MR) is 63.7 cm³/mol. The molecule has 1 fully saturated rings. The van der Waals surface area contributed by atoms with Crippen molar-refractivity contribution in [3.05, 3.63) is 0 Å². The van der Waals surface area contributed by atoms with Gasteiger partial charge in [-0.05, 0) is 25.7 Å². The number of hydrogen-bond acceptors (Lipinski definition) is 3. The largest absolute Gasteiger partial charge is 0.481 e. The summed E-state index contributed by atoms with van der Waals surface area (Å²) in [5, 5.41) is 9.16. The Morgan fingerprint density at radius 3 is 2.24 bits per heavy atom. The van der Waals surface area contributed by atoms with Crippen molar-refractivity contribution in [2.45, 2.75) is 45.6 Å². The van der Waals surface area contributed by atoms with Crippen LogP contribution in [0.15, 0.2) is 0 Å². The van der Waals surface area contributed by atoms with Gasteiger partial charge in [-0.25, -0.2) is 4.72 Å². The summed E-state index contributed by atoms with van der Waals surface area (Å²) < 4.78 is 27.9. The summed E-state index contributed by atoms with van der Waals surface area (Å²) in [4.78, 5) is 11.2. The first-order valence-corrected chi connectivity index (χ1v) is 7.34. The number of hydrogen-bond donors (Lipinski definition) is 3. The van der Waals surface area contributed by atoms with Gasteiger partial charge in [0.25, 0.3) is 10.2 Å². The summed E-state index contributed by atoms with van der Waals surface area (Å²) in [5.74, 6) is -0.961. The van der Waals surface area contributed by atoms with Crippen LogP contribution in [0.5, 0.6) is 0 Å². The van der Waals surface area contributed by atoms with E-state index < -0.39 is 21.6 Å². The summed E-state index contributed by atoms with van der Waals surface area (Å²) in [6, 6.07) is 0.0231. The lowest BCUT2D eigenvalue weighted by molar-refractivity contribution is -0.149. The number of carboxylic acids is 1. The van der Waals surface area contributed by atoms with E-state index in [1.54, 1.807) is 13.8 Å². The van der Waals surface area contributed by atoms with Crippen LogP contribution in [0.2, 0.25) is 0 Å². The third-order valence-electron chi connectivity index (χ3n) is 3.31. The molecule has 0 aromatic carbocycles. The van der Waals surface area contributed by atoms with Crippen LogP contribution in [0.1, 0.15) is 39.5 Å². The molecule has 1 aliphatic carbocycles. The van der Waals surface area contributed by atoms with E-state index >= 15 is 0 Å². The molecule has 100 valence electrons. The van der Waals surface area contributed by atoms with Gasteiger partial charge in [-0.15, -0.1) is 0 Å². The Bertz CT molecular complexity index is 372. The topological polar surface area (TPSA) is 95.5 Å². The number of aliphatic carboxylic acids is 1. The molecule has 1 saturated carbocycles. The van der Waals surface area contributed by atoms with Gasteiger partial charge in [0.15, 0.2) is 0 Å². The van der Waals surface area contributed by atoms with Gasteiger partial charge < -0.3 is 5.11 Å². The average Bonchev–Trinajstić information content (AvgIpc) is 3.02. The molecule has 0 spiro atoms. The van der Waals surface area contributed by atoms with E-state index in [2.05, 4.69) is 9.44 Å². The fourth-order valence-electron chi connectivity index (χ4n) is 1.57. The van der Waals surface area contributed by atoms with Gasteiger partial charge in [-0.2, -0.15) is 13.1 Å². The van der Waals surface area contributed by atoms with Crippen LogP contribution >= 0.6 is 0 Å². The van der Waals surface area contributed by atoms with Gasteiger partial charge in [0.05, 0.1) is 5.41 Å². The van der Waals surface area contributed by atoms with Crippen LogP contribution in [-0.2, 0) is 15.0 Å². The molecule has 7 heteroatoms. The molecule has 0 aromatic heterocycles. The molecular formula is C10H20N2O4S. The first-order valence-electron chi connectivity index (χ1n) is 5.85. The standard InChI is InChI=1S/C10H20N2O4S/c1-3-10(4-2,9(13)14)7-11-17(15,16)12-8-5-6-8/h8,11-12H,3-7H2,1-2H3,(H,13,14). The Morgan fingerprint density at radius 1 is 1.35 bits per heavy atom. The van der Waals surface area contributed by atoms with Gasteiger partial charge in [0.2, 0.25) is 0 Å². The second-order valence-electron chi connectivity index (χ2n) is 4.51. The first-order chi connectivity index (χ1) is 7.85. The molecule has 0 bridgehead atoms. The van der Waals surface area contributed by atoms with Crippen molar-refractivity contribution in [3.63, 3.8) is 0 Å². The zero-order valence-corrected chi connectivity index (χ0v) is 11.0. The first kappa shape index (κ1) is 14.4. The van der Waals surface area contributed by atoms with Gasteiger partial charge in [0, 0.05) is 12.6 Å². The van der Waals surface area contributed by atoms with E-state index in [4.69, 9.17) is 5.11 Å². The number of carbonyl (C=O) groups is 1. The molecule has 1 aliphatic rings. The summed E-state index contributed by atoms with van der Waals surface area (Å²) in [6.07, 6.45) is 2.49. The molecule has 6 nitrogen and oxygen atoms in total. The summed E-state index contributed by atoms with van der Waals surface area (Å²) >= 11 is 0. The molecule has 0 aliphatic heterocycles. The van der Waals surface area contributed by atoms with Crippen molar-refractivity contribution >= 4 is 16.2 Å². The van der Waals surface area contributed by atoms with Crippen LogP contribution in [-0.4, -0.2) is 32.1 Å². The van der Waals surface area contributed by atoms with Gasteiger partial charge in [0.1, 0.15) is 0 Å². The van der Waals surface area contributed by atoms with Crippen molar-refractivity contribution in [2.24, 2.45) is 5.41 Å². The fraction of sp³-hybridized carbons (Fsp3) is 0.900. The van der Waals surface area contributed by atoms with Crippen LogP contribution in [0.3, 0.4) is 0 Å². The van der Waals surface area contributed by atoms with Crippen LogP contribution < -0.4 is 9.44 Å². The quantitative estimate of drug-likeness (QED) is 0.593. The lowest BCUT2D eigenvalue weighted by Gasteiger charge is -2.26. The maximum atomic E-state index is 11.6. The molecule has 0 radical (unpaired) electrons. The Kier molecular flexibility index (Phi) is 4.51. The smallest absolute Gasteiger partial charge is 0.310 e. The summed E-state index contributed by atoms with van der Waals surface area (Å²) in [7, 11) is -3.57. The van der Waals surface area contributed by atoms with Crippen LogP contribution in [0.4, 0.5) is 0 Å². The van der Waals surface area contributed by atoms with E-state index in [9.17, 15) is 13.2 Å². The minimum absolute atomic E-state index is 0.0231. The van der Waals surface area contributed by atoms with E-state index in [1.165, 1.54) is 0 Å². The summed E-state index contributed by atoms with van der Waals surface area (Å²) in [6.45, 7) is 3.43. The molecule has 0 heterocycles. The molecule has 0 unspecified atom stereocenters. The van der Waals surface area contributed by atoms with E-state index in [-0.39, 0.29) is 12.6 Å². The van der Waals surface area contributed by atoms with Crippen LogP contribution in [0, 0.1) is 5.41 Å². The van der Waals surface area contributed by atoms with Crippen molar-refractivity contribution < 1.29 is 18.3 Å². The molecule has 0 saturated heterocycles. The predicted octanol–water partition coefficient (Wildman–Crippen LogP) is 0.464. The number of carboxylic acid groups (broad SMARTS) is 1. The van der Waals surface area contributed by atoms with Gasteiger partial charge in [-0.1, -0.05) is 13.8 Å². The molecular weight excluding hydrogens is 244 g/mol. The van der Waals surface area contributed by atoms with E-state index in [0.29, 0.717) is 12.8 Å². The third kappa shape index (κ3) is 3.93. The van der Waals surface area contributed by atoms with Crippen molar-refractivity contribution in [1.29, 1.82) is 0 Å². The average molecular weight is 264 g/mol. The minimum atomic E-state index is -3.57. The number of rotatable bonds is 8. The molecule has 17 heavy (non-hydrogen) atoms. The van der Waals surface area contributed by atoms with Gasteiger partial charge in [-0.3, -0.25) is 4.79 Å². The zero-order valence-electron chi connectivity index (χ0n) is 10.2. The number of nitrogens with one attached hydrogen (secondary N) is 2. The second kappa shape index (κ2) is 5.32. The third-order valence-corrected chi connectivity index (χ3v) is 4.47. The van der Waals surface area contributed by atoms with Crippen molar-refractivity contribution in [2.75, 3.05) is 6.54 Å². The Labute approximate surface area is 102 Å².